The highest BCUT2D eigenvalue weighted by molar-refractivity contribution is 4.98. The summed E-state index contributed by atoms with van der Waals surface area (Å²) in [6.07, 6.45) is 11.5. The van der Waals surface area contributed by atoms with Gasteiger partial charge in [0.15, 0.2) is 0 Å². The maximum atomic E-state index is 2.72. The predicted molar refractivity (Wildman–Crippen MR) is 77.3 cm³/mol. The van der Waals surface area contributed by atoms with Crippen molar-refractivity contribution in [1.82, 2.24) is 4.90 Å². The van der Waals surface area contributed by atoms with Crippen LogP contribution in [0, 0.1) is 11.8 Å². The van der Waals surface area contributed by atoms with Crippen LogP contribution in [0.4, 0.5) is 0 Å². The molecule has 1 aliphatic rings. The molecule has 0 aromatic heterocycles. The SMILES string of the molecule is CC(C)CCN(CCC(C)C)[C@H]1C=CCCC1. The minimum Gasteiger partial charge on any atom is -0.297 e. The summed E-state index contributed by atoms with van der Waals surface area (Å²) in [7, 11) is 0. The first-order chi connectivity index (χ1) is 8.09. The van der Waals surface area contributed by atoms with Gasteiger partial charge in [-0.2, -0.15) is 0 Å². The second-order valence-corrected chi connectivity index (χ2v) is 6.33. The van der Waals surface area contributed by atoms with Crippen LogP contribution in [-0.4, -0.2) is 24.0 Å². The predicted octanol–water partition coefficient (Wildman–Crippen LogP) is 4.49. The molecule has 0 N–H and O–H groups in total. The van der Waals surface area contributed by atoms with Crippen molar-refractivity contribution in [2.24, 2.45) is 11.8 Å². The van der Waals surface area contributed by atoms with E-state index in [9.17, 15) is 0 Å². The molecule has 1 nitrogen and oxygen atoms in total. The molecular formula is C16H31N. The second kappa shape index (κ2) is 7.92. The van der Waals surface area contributed by atoms with Gasteiger partial charge in [-0.1, -0.05) is 39.8 Å². The Kier molecular flexibility index (Phi) is 6.87. The molecule has 1 rings (SSSR count). The first-order valence-corrected chi connectivity index (χ1v) is 7.50. The normalized spacial score (nSPS) is 20.8. The molecule has 0 unspecified atom stereocenters. The van der Waals surface area contributed by atoms with Gasteiger partial charge in [0, 0.05) is 6.04 Å². The van der Waals surface area contributed by atoms with E-state index in [4.69, 9.17) is 0 Å². The molecule has 100 valence electrons. The van der Waals surface area contributed by atoms with Crippen LogP contribution >= 0.6 is 0 Å². The molecule has 1 aliphatic carbocycles. The highest BCUT2D eigenvalue weighted by Gasteiger charge is 2.17. The Morgan fingerprint density at radius 3 is 2.06 bits per heavy atom. The third-order valence-electron chi connectivity index (χ3n) is 3.69. The summed E-state index contributed by atoms with van der Waals surface area (Å²) < 4.78 is 0. The number of hydrogen-bond acceptors (Lipinski definition) is 1. The molecular weight excluding hydrogens is 206 g/mol. The maximum Gasteiger partial charge on any atom is 0.0278 e. The smallest absolute Gasteiger partial charge is 0.0278 e. The van der Waals surface area contributed by atoms with E-state index in [0.717, 1.165) is 17.9 Å². The minimum absolute atomic E-state index is 0.723. The Morgan fingerprint density at radius 2 is 1.65 bits per heavy atom. The van der Waals surface area contributed by atoms with Crippen molar-refractivity contribution in [3.05, 3.63) is 12.2 Å². The van der Waals surface area contributed by atoms with E-state index < -0.39 is 0 Å². The van der Waals surface area contributed by atoms with Gasteiger partial charge in [0.05, 0.1) is 0 Å². The molecule has 0 fully saturated rings. The zero-order valence-electron chi connectivity index (χ0n) is 12.3. The molecule has 17 heavy (non-hydrogen) atoms. The molecule has 0 aromatic rings. The zero-order chi connectivity index (χ0) is 12.7. The quantitative estimate of drug-likeness (QED) is 0.590. The number of allylic oxidation sites excluding steroid dienone is 1. The molecule has 1 atom stereocenters. The Morgan fingerprint density at radius 1 is 1.06 bits per heavy atom. The molecule has 0 aliphatic heterocycles. The maximum absolute atomic E-state index is 2.72. The van der Waals surface area contributed by atoms with Gasteiger partial charge in [-0.15, -0.1) is 0 Å². The van der Waals surface area contributed by atoms with E-state index in [1.54, 1.807) is 0 Å². The van der Waals surface area contributed by atoms with Crippen molar-refractivity contribution < 1.29 is 0 Å². The minimum atomic E-state index is 0.723. The van der Waals surface area contributed by atoms with Crippen LogP contribution in [0.15, 0.2) is 12.2 Å². The number of nitrogens with zero attached hydrogens (tertiary/aromatic N) is 1. The lowest BCUT2D eigenvalue weighted by Crippen LogP contribution is -2.37. The highest BCUT2D eigenvalue weighted by Crippen LogP contribution is 2.19. The van der Waals surface area contributed by atoms with Gasteiger partial charge in [0.2, 0.25) is 0 Å². The molecule has 0 aromatic carbocycles. The standard InChI is InChI=1S/C16H31N/c1-14(2)10-12-17(13-11-15(3)4)16-8-6-5-7-9-16/h6,8,14-16H,5,7,9-13H2,1-4H3/t16-/m0/s1. The monoisotopic (exact) mass is 237 g/mol. The lowest BCUT2D eigenvalue weighted by atomic mass is 9.99. The fourth-order valence-electron chi connectivity index (χ4n) is 2.39. The van der Waals surface area contributed by atoms with Gasteiger partial charge >= 0.3 is 0 Å². The van der Waals surface area contributed by atoms with E-state index in [1.807, 2.05) is 0 Å². The van der Waals surface area contributed by atoms with E-state index in [0.29, 0.717) is 0 Å². The topological polar surface area (TPSA) is 3.24 Å². The van der Waals surface area contributed by atoms with Crippen molar-refractivity contribution in [3.63, 3.8) is 0 Å². The third kappa shape index (κ3) is 6.26. The Hall–Kier alpha value is -0.300. The summed E-state index contributed by atoms with van der Waals surface area (Å²) in [5, 5.41) is 0. The lowest BCUT2D eigenvalue weighted by molar-refractivity contribution is 0.192. The molecule has 0 saturated carbocycles. The molecule has 0 amide bonds. The van der Waals surface area contributed by atoms with Crippen molar-refractivity contribution in [2.45, 2.75) is 65.8 Å². The number of rotatable bonds is 7. The van der Waals surface area contributed by atoms with Crippen LogP contribution in [0.3, 0.4) is 0 Å². The van der Waals surface area contributed by atoms with Crippen LogP contribution in [0.2, 0.25) is 0 Å². The van der Waals surface area contributed by atoms with Crippen LogP contribution < -0.4 is 0 Å². The fraction of sp³-hybridized carbons (Fsp3) is 0.875. The first kappa shape index (κ1) is 14.8. The fourth-order valence-corrected chi connectivity index (χ4v) is 2.39. The van der Waals surface area contributed by atoms with Gasteiger partial charge in [0.1, 0.15) is 0 Å². The van der Waals surface area contributed by atoms with Gasteiger partial charge in [-0.3, -0.25) is 4.90 Å². The Balaban J connectivity index is 2.44. The summed E-state index contributed by atoms with van der Waals surface area (Å²) in [4.78, 5) is 2.72. The summed E-state index contributed by atoms with van der Waals surface area (Å²) >= 11 is 0. The first-order valence-electron chi connectivity index (χ1n) is 7.50. The van der Waals surface area contributed by atoms with Crippen molar-refractivity contribution in [1.29, 1.82) is 0 Å². The molecule has 0 saturated heterocycles. The zero-order valence-corrected chi connectivity index (χ0v) is 12.3. The van der Waals surface area contributed by atoms with E-state index in [1.165, 1.54) is 45.2 Å². The molecule has 0 bridgehead atoms. The van der Waals surface area contributed by atoms with Gasteiger partial charge in [-0.25, -0.2) is 0 Å². The van der Waals surface area contributed by atoms with Crippen molar-refractivity contribution in [2.75, 3.05) is 13.1 Å². The third-order valence-corrected chi connectivity index (χ3v) is 3.69. The molecule has 0 spiro atoms. The largest absolute Gasteiger partial charge is 0.297 e. The lowest BCUT2D eigenvalue weighted by Gasteiger charge is -2.32. The summed E-state index contributed by atoms with van der Waals surface area (Å²) in [5.74, 6) is 1.65. The summed E-state index contributed by atoms with van der Waals surface area (Å²) in [6, 6.07) is 0.723. The van der Waals surface area contributed by atoms with Crippen molar-refractivity contribution in [3.8, 4) is 0 Å². The van der Waals surface area contributed by atoms with Gasteiger partial charge < -0.3 is 0 Å². The molecule has 1 heteroatoms. The van der Waals surface area contributed by atoms with E-state index >= 15 is 0 Å². The van der Waals surface area contributed by atoms with Gasteiger partial charge in [0.25, 0.3) is 0 Å². The summed E-state index contributed by atoms with van der Waals surface area (Å²) in [6.45, 7) is 11.9. The number of hydrogen-bond donors (Lipinski definition) is 0. The van der Waals surface area contributed by atoms with Crippen LogP contribution in [0.25, 0.3) is 0 Å². The Bertz CT molecular complexity index is 206. The van der Waals surface area contributed by atoms with Crippen LogP contribution in [0.5, 0.6) is 0 Å². The van der Waals surface area contributed by atoms with Crippen LogP contribution in [-0.2, 0) is 0 Å². The molecule has 0 heterocycles. The van der Waals surface area contributed by atoms with Crippen LogP contribution in [0.1, 0.15) is 59.8 Å². The second-order valence-electron chi connectivity index (χ2n) is 6.33. The highest BCUT2D eigenvalue weighted by atomic mass is 15.1. The van der Waals surface area contributed by atoms with Crippen molar-refractivity contribution >= 4 is 0 Å². The Labute approximate surface area is 108 Å². The van der Waals surface area contributed by atoms with E-state index in [-0.39, 0.29) is 0 Å². The average molecular weight is 237 g/mol. The summed E-state index contributed by atoms with van der Waals surface area (Å²) in [5.41, 5.74) is 0. The van der Waals surface area contributed by atoms with Gasteiger partial charge in [-0.05, 0) is 57.0 Å². The molecule has 0 radical (unpaired) electrons. The van der Waals surface area contributed by atoms with E-state index in [2.05, 4.69) is 44.7 Å². The average Bonchev–Trinajstić information content (AvgIpc) is 2.29.